The molecule has 0 radical (unpaired) electrons. The first-order valence-corrected chi connectivity index (χ1v) is 23.4. The number of nitrogens with one attached hydrogen (secondary N) is 1. The average molecular weight is 826 g/mol. The molecule has 11 nitrogen and oxygen atoms in total. The number of rotatable bonds is 38. The summed E-state index contributed by atoms with van der Waals surface area (Å²) in [5.41, 5.74) is 0. The number of allylic oxidation sites excluding steroid dienone is 6. The molecule has 1 saturated heterocycles. The topological polar surface area (TPSA) is 189 Å². The Hall–Kier alpha value is -1.67. The Bertz CT molecular complexity index is 1040. The third-order valence-electron chi connectivity index (χ3n) is 11.2. The molecule has 9 atom stereocenters. The molecule has 0 bridgehead atoms. The molecule has 1 aliphatic heterocycles. The van der Waals surface area contributed by atoms with E-state index in [1.54, 1.807) is 0 Å². The van der Waals surface area contributed by atoms with Crippen LogP contribution in [0.4, 0.5) is 0 Å². The van der Waals surface area contributed by atoms with Crippen molar-refractivity contribution in [3.63, 3.8) is 0 Å². The van der Waals surface area contributed by atoms with Crippen molar-refractivity contribution >= 4 is 5.91 Å². The quantitative estimate of drug-likeness (QED) is 0.0227. The van der Waals surface area contributed by atoms with Gasteiger partial charge in [0.1, 0.15) is 36.6 Å². The molecule has 0 aromatic rings. The summed E-state index contributed by atoms with van der Waals surface area (Å²) in [5.74, 6) is -0.714. The Morgan fingerprint density at radius 3 is 1.53 bits per heavy atom. The van der Waals surface area contributed by atoms with E-state index in [2.05, 4.69) is 55.6 Å². The molecule has 1 heterocycles. The molecule has 0 aromatic heterocycles. The van der Waals surface area contributed by atoms with E-state index in [0.717, 1.165) is 44.9 Å². The molecule has 9 unspecified atom stereocenters. The Balaban J connectivity index is 2.49. The minimum atomic E-state index is -1.67. The Morgan fingerprint density at radius 2 is 1.03 bits per heavy atom. The smallest absolute Gasteiger partial charge is 0.249 e. The molecular weight excluding hydrogens is 739 g/mol. The van der Waals surface area contributed by atoms with Crippen LogP contribution >= 0.6 is 0 Å². The third-order valence-corrected chi connectivity index (χ3v) is 11.2. The molecule has 58 heavy (non-hydrogen) atoms. The van der Waals surface area contributed by atoms with Crippen molar-refractivity contribution in [2.45, 2.75) is 242 Å². The molecule has 8 N–H and O–H groups in total. The summed E-state index contributed by atoms with van der Waals surface area (Å²) in [6.07, 6.45) is 30.5. The number of hydrogen-bond acceptors (Lipinski definition) is 10. The van der Waals surface area contributed by atoms with Gasteiger partial charge in [-0.15, -0.1) is 0 Å². The Morgan fingerprint density at radius 1 is 0.586 bits per heavy atom. The van der Waals surface area contributed by atoms with E-state index in [9.17, 15) is 40.5 Å². The van der Waals surface area contributed by atoms with E-state index < -0.39 is 74.2 Å². The van der Waals surface area contributed by atoms with Gasteiger partial charge in [-0.1, -0.05) is 159 Å². The summed E-state index contributed by atoms with van der Waals surface area (Å²) in [7, 11) is 0. The van der Waals surface area contributed by atoms with E-state index in [1.807, 2.05) is 0 Å². The van der Waals surface area contributed by atoms with Crippen LogP contribution in [0.1, 0.15) is 187 Å². The molecule has 0 saturated carbocycles. The second-order valence-corrected chi connectivity index (χ2v) is 16.5. The first kappa shape index (κ1) is 54.3. The molecule has 340 valence electrons. The van der Waals surface area contributed by atoms with Crippen LogP contribution in [0.25, 0.3) is 0 Å². The molecule has 11 heteroatoms. The van der Waals surface area contributed by atoms with E-state index in [-0.39, 0.29) is 12.8 Å². The van der Waals surface area contributed by atoms with Crippen molar-refractivity contribution in [3.8, 4) is 0 Å². The van der Waals surface area contributed by atoms with Gasteiger partial charge in [0.2, 0.25) is 5.91 Å². The van der Waals surface area contributed by atoms with Crippen molar-refractivity contribution in [2.24, 2.45) is 0 Å². The maximum absolute atomic E-state index is 13.1. The number of unbranched alkanes of at least 4 members (excludes halogenated alkanes) is 20. The van der Waals surface area contributed by atoms with Crippen LogP contribution < -0.4 is 5.32 Å². The number of hydrogen-bond donors (Lipinski definition) is 8. The summed E-state index contributed by atoms with van der Waals surface area (Å²) in [4.78, 5) is 13.1. The highest BCUT2D eigenvalue weighted by Crippen LogP contribution is 2.23. The number of aliphatic hydroxyl groups excluding tert-OH is 7. The normalized spacial score (nSPS) is 22.3. The maximum Gasteiger partial charge on any atom is 0.249 e. The number of amides is 1. The minimum Gasteiger partial charge on any atom is -0.394 e. The molecule has 1 amide bonds. The molecular formula is C47H87NO10. The van der Waals surface area contributed by atoms with Crippen molar-refractivity contribution in [2.75, 3.05) is 13.2 Å². The highest BCUT2D eigenvalue weighted by molar-refractivity contribution is 5.80. The SMILES string of the molecule is CCCCCCCC/C=C/CC/C=C/CC/C=C/CCCC(O)C(O)C(COC1OC(CO)C(O)C(O)C1O)NC(=O)C(O)CCCCCCCCCCCCCC. The zero-order valence-electron chi connectivity index (χ0n) is 36.5. The van der Waals surface area contributed by atoms with Crippen LogP contribution in [0.2, 0.25) is 0 Å². The fourth-order valence-corrected chi connectivity index (χ4v) is 7.24. The molecule has 0 aliphatic carbocycles. The maximum atomic E-state index is 13.1. The first-order valence-electron chi connectivity index (χ1n) is 23.4. The third kappa shape index (κ3) is 26.5. The summed E-state index contributed by atoms with van der Waals surface area (Å²) in [6.45, 7) is 3.39. The standard InChI is InChI=1S/C47H87NO10/c1-3-5-7-9-11-13-15-17-18-19-20-21-22-23-25-26-28-30-32-34-39(50)42(52)38(37-57-47-45(55)44(54)43(53)41(36-49)58-47)48-46(56)40(51)35-33-31-29-27-24-16-14-12-10-8-6-4-2/h17-18,21-22,26,28,38-45,47,49-55H,3-16,19-20,23-25,27,29-37H2,1-2H3,(H,48,56)/b18-17+,22-21+,28-26+. The van der Waals surface area contributed by atoms with Crippen LogP contribution in [0.15, 0.2) is 36.5 Å². The van der Waals surface area contributed by atoms with Crippen LogP contribution in [0, 0.1) is 0 Å². The van der Waals surface area contributed by atoms with Gasteiger partial charge in [-0.2, -0.15) is 0 Å². The van der Waals surface area contributed by atoms with Gasteiger partial charge in [0, 0.05) is 0 Å². The first-order chi connectivity index (χ1) is 28.2. The highest BCUT2D eigenvalue weighted by Gasteiger charge is 2.44. The van der Waals surface area contributed by atoms with Crippen LogP contribution in [0.5, 0.6) is 0 Å². The largest absolute Gasteiger partial charge is 0.394 e. The Labute approximate surface area is 352 Å². The lowest BCUT2D eigenvalue weighted by molar-refractivity contribution is -0.303. The van der Waals surface area contributed by atoms with Crippen molar-refractivity contribution in [3.05, 3.63) is 36.5 Å². The van der Waals surface area contributed by atoms with Gasteiger partial charge in [0.05, 0.1) is 25.4 Å². The number of ether oxygens (including phenoxy) is 2. The Kier molecular flexibility index (Phi) is 34.8. The zero-order valence-corrected chi connectivity index (χ0v) is 36.5. The number of carbonyl (C=O) groups is 1. The van der Waals surface area contributed by atoms with Crippen LogP contribution in [0.3, 0.4) is 0 Å². The second kappa shape index (κ2) is 37.1. The summed E-state index contributed by atoms with van der Waals surface area (Å²) < 4.78 is 11.1. The van der Waals surface area contributed by atoms with Gasteiger partial charge >= 0.3 is 0 Å². The average Bonchev–Trinajstić information content (AvgIpc) is 3.22. The molecule has 0 spiro atoms. The predicted octanol–water partition coefficient (Wildman–Crippen LogP) is 7.61. The predicted molar refractivity (Wildman–Crippen MR) is 233 cm³/mol. The highest BCUT2D eigenvalue weighted by atomic mass is 16.7. The monoisotopic (exact) mass is 826 g/mol. The van der Waals surface area contributed by atoms with E-state index in [0.29, 0.717) is 19.3 Å². The van der Waals surface area contributed by atoms with Crippen molar-refractivity contribution < 1.29 is 50.0 Å². The minimum absolute atomic E-state index is 0.242. The van der Waals surface area contributed by atoms with Gasteiger partial charge < -0.3 is 50.5 Å². The van der Waals surface area contributed by atoms with Gasteiger partial charge in [-0.3, -0.25) is 4.79 Å². The van der Waals surface area contributed by atoms with Gasteiger partial charge in [0.15, 0.2) is 6.29 Å². The van der Waals surface area contributed by atoms with Crippen molar-refractivity contribution in [1.82, 2.24) is 5.32 Å². The van der Waals surface area contributed by atoms with Gasteiger partial charge in [0.25, 0.3) is 0 Å². The lowest BCUT2D eigenvalue weighted by atomic mass is 9.98. The second-order valence-electron chi connectivity index (χ2n) is 16.5. The lowest BCUT2D eigenvalue weighted by Gasteiger charge is -2.40. The molecule has 1 aliphatic rings. The molecule has 1 fully saturated rings. The summed E-state index contributed by atoms with van der Waals surface area (Å²) >= 11 is 0. The van der Waals surface area contributed by atoms with Crippen molar-refractivity contribution in [1.29, 1.82) is 0 Å². The van der Waals surface area contributed by atoms with E-state index >= 15 is 0 Å². The van der Waals surface area contributed by atoms with Gasteiger partial charge in [-0.25, -0.2) is 0 Å². The fourth-order valence-electron chi connectivity index (χ4n) is 7.24. The molecule has 1 rings (SSSR count). The van der Waals surface area contributed by atoms with Gasteiger partial charge in [-0.05, 0) is 64.2 Å². The fraction of sp³-hybridized carbons (Fsp3) is 0.851. The summed E-state index contributed by atoms with van der Waals surface area (Å²) in [6, 6.07) is -1.19. The van der Waals surface area contributed by atoms with Crippen LogP contribution in [-0.4, -0.2) is 110 Å². The van der Waals surface area contributed by atoms with E-state index in [4.69, 9.17) is 9.47 Å². The number of aliphatic hydroxyl groups is 7. The summed E-state index contributed by atoms with van der Waals surface area (Å²) in [5, 5.41) is 75.6. The lowest BCUT2D eigenvalue weighted by Crippen LogP contribution is -2.60. The number of carbonyl (C=O) groups excluding carboxylic acids is 1. The van der Waals surface area contributed by atoms with E-state index in [1.165, 1.54) is 96.3 Å². The van der Waals surface area contributed by atoms with Crippen LogP contribution in [-0.2, 0) is 14.3 Å². The molecule has 0 aromatic carbocycles. The zero-order chi connectivity index (χ0) is 42.6.